The highest BCUT2D eigenvalue weighted by molar-refractivity contribution is 9.10. The third kappa shape index (κ3) is 3.05. The van der Waals surface area contributed by atoms with Crippen molar-refractivity contribution in [3.05, 3.63) is 21.2 Å². The molecule has 1 aromatic rings. The standard InChI is InChI=1S/C10H14BrN3O3/c11-7-8(13-6-14-9(7)15)12-5-10(16)1-3-17-4-2-10/h6,16H,1-5H2,(H2,12,13,14,15). The zero-order chi connectivity index (χ0) is 12.3. The van der Waals surface area contributed by atoms with E-state index in [9.17, 15) is 9.90 Å². The third-order valence-corrected chi connectivity index (χ3v) is 3.54. The second kappa shape index (κ2) is 5.16. The Labute approximate surface area is 107 Å². The number of halogens is 1. The van der Waals surface area contributed by atoms with E-state index in [4.69, 9.17) is 4.74 Å². The van der Waals surface area contributed by atoms with Gasteiger partial charge in [-0.2, -0.15) is 0 Å². The van der Waals surface area contributed by atoms with Crippen molar-refractivity contribution in [3.63, 3.8) is 0 Å². The molecule has 94 valence electrons. The van der Waals surface area contributed by atoms with Crippen LogP contribution < -0.4 is 10.9 Å². The van der Waals surface area contributed by atoms with Gasteiger partial charge in [-0.25, -0.2) is 4.98 Å². The van der Waals surface area contributed by atoms with Crippen molar-refractivity contribution in [2.24, 2.45) is 0 Å². The Bertz CT molecular complexity index is 443. The van der Waals surface area contributed by atoms with Crippen molar-refractivity contribution in [2.75, 3.05) is 25.1 Å². The summed E-state index contributed by atoms with van der Waals surface area (Å²) in [6, 6.07) is 0. The number of aliphatic hydroxyl groups is 1. The first kappa shape index (κ1) is 12.5. The molecule has 2 heterocycles. The summed E-state index contributed by atoms with van der Waals surface area (Å²) in [5.74, 6) is 0.439. The zero-order valence-corrected chi connectivity index (χ0v) is 10.8. The average Bonchev–Trinajstić information content (AvgIpc) is 2.32. The fraction of sp³-hybridized carbons (Fsp3) is 0.600. The molecule has 0 atom stereocenters. The van der Waals surface area contributed by atoms with Crippen LogP contribution in [0.1, 0.15) is 12.8 Å². The molecule has 0 saturated carbocycles. The summed E-state index contributed by atoms with van der Waals surface area (Å²) in [4.78, 5) is 17.8. The maximum absolute atomic E-state index is 11.3. The van der Waals surface area contributed by atoms with Crippen LogP contribution in [0.2, 0.25) is 0 Å². The lowest BCUT2D eigenvalue weighted by atomic mass is 9.94. The highest BCUT2D eigenvalue weighted by atomic mass is 79.9. The van der Waals surface area contributed by atoms with Crippen LogP contribution in [-0.2, 0) is 4.74 Å². The van der Waals surface area contributed by atoms with Crippen LogP contribution in [0.25, 0.3) is 0 Å². The summed E-state index contributed by atoms with van der Waals surface area (Å²) in [5.41, 5.74) is -1.04. The van der Waals surface area contributed by atoms with Crippen molar-refractivity contribution in [3.8, 4) is 0 Å². The van der Waals surface area contributed by atoms with Crippen molar-refractivity contribution in [1.29, 1.82) is 0 Å². The molecule has 17 heavy (non-hydrogen) atoms. The van der Waals surface area contributed by atoms with Gasteiger partial charge in [0.15, 0.2) is 0 Å². The lowest BCUT2D eigenvalue weighted by molar-refractivity contribution is -0.0543. The molecule has 7 heteroatoms. The van der Waals surface area contributed by atoms with Gasteiger partial charge in [0, 0.05) is 32.6 Å². The zero-order valence-electron chi connectivity index (χ0n) is 9.20. The van der Waals surface area contributed by atoms with E-state index in [1.165, 1.54) is 6.33 Å². The molecule has 1 saturated heterocycles. The van der Waals surface area contributed by atoms with Gasteiger partial charge in [-0.1, -0.05) is 0 Å². The predicted molar refractivity (Wildman–Crippen MR) is 66.1 cm³/mol. The molecule has 0 spiro atoms. The number of aromatic amines is 1. The van der Waals surface area contributed by atoms with E-state index in [1.54, 1.807) is 0 Å². The molecule has 0 unspecified atom stereocenters. The molecule has 1 aromatic heterocycles. The number of hydrogen-bond acceptors (Lipinski definition) is 5. The molecule has 6 nitrogen and oxygen atoms in total. The van der Waals surface area contributed by atoms with Crippen molar-refractivity contribution < 1.29 is 9.84 Å². The Balaban J connectivity index is 2.02. The van der Waals surface area contributed by atoms with Crippen LogP contribution in [0.3, 0.4) is 0 Å². The summed E-state index contributed by atoms with van der Waals surface area (Å²) in [6.07, 6.45) is 2.49. The number of H-pyrrole nitrogens is 1. The summed E-state index contributed by atoms with van der Waals surface area (Å²) in [7, 11) is 0. The van der Waals surface area contributed by atoms with Gasteiger partial charge >= 0.3 is 0 Å². The number of nitrogens with one attached hydrogen (secondary N) is 2. The van der Waals surface area contributed by atoms with Crippen LogP contribution >= 0.6 is 15.9 Å². The second-order valence-electron chi connectivity index (χ2n) is 4.08. The molecular formula is C10H14BrN3O3. The number of aromatic nitrogens is 2. The predicted octanol–water partition coefficient (Wildman–Crippen LogP) is 0.486. The van der Waals surface area contributed by atoms with E-state index in [1.807, 2.05) is 0 Å². The molecule has 1 aliphatic rings. The molecule has 0 radical (unpaired) electrons. The maximum atomic E-state index is 11.3. The van der Waals surface area contributed by atoms with Gasteiger partial charge in [-0.3, -0.25) is 4.79 Å². The van der Waals surface area contributed by atoms with Gasteiger partial charge in [0.05, 0.1) is 11.9 Å². The molecule has 3 N–H and O–H groups in total. The summed E-state index contributed by atoms with van der Waals surface area (Å²) < 4.78 is 5.54. The molecule has 2 rings (SSSR count). The molecule has 1 aliphatic heterocycles. The number of hydrogen-bond donors (Lipinski definition) is 3. The fourth-order valence-electron chi connectivity index (χ4n) is 1.68. The molecule has 1 fully saturated rings. The van der Waals surface area contributed by atoms with E-state index in [2.05, 4.69) is 31.2 Å². The number of anilines is 1. The molecule has 0 amide bonds. The summed E-state index contributed by atoms with van der Waals surface area (Å²) >= 11 is 3.15. The Morgan fingerprint density at radius 3 is 3.00 bits per heavy atom. The first-order chi connectivity index (χ1) is 8.11. The van der Waals surface area contributed by atoms with Crippen molar-refractivity contribution in [1.82, 2.24) is 9.97 Å². The van der Waals surface area contributed by atoms with Gasteiger partial charge < -0.3 is 20.1 Å². The molecule has 0 bridgehead atoms. The first-order valence-corrected chi connectivity index (χ1v) is 6.17. The van der Waals surface area contributed by atoms with E-state index in [0.717, 1.165) is 0 Å². The van der Waals surface area contributed by atoms with E-state index < -0.39 is 5.60 Å². The van der Waals surface area contributed by atoms with Crippen LogP contribution in [-0.4, -0.2) is 40.4 Å². The SMILES string of the molecule is O=c1[nH]cnc(NCC2(O)CCOCC2)c1Br. The minimum absolute atomic E-state index is 0.249. The van der Waals surface area contributed by atoms with Gasteiger partial charge in [-0.15, -0.1) is 0 Å². The minimum Gasteiger partial charge on any atom is -0.388 e. The van der Waals surface area contributed by atoms with Crippen LogP contribution in [0.15, 0.2) is 15.6 Å². The minimum atomic E-state index is -0.790. The molecule has 0 aromatic carbocycles. The smallest absolute Gasteiger partial charge is 0.267 e. The summed E-state index contributed by atoms with van der Waals surface area (Å²) in [6.45, 7) is 1.47. The number of nitrogens with zero attached hydrogens (tertiary/aromatic N) is 1. The highest BCUT2D eigenvalue weighted by Crippen LogP contribution is 2.22. The van der Waals surface area contributed by atoms with E-state index in [-0.39, 0.29) is 5.56 Å². The van der Waals surface area contributed by atoms with Gasteiger partial charge in [0.1, 0.15) is 10.3 Å². The van der Waals surface area contributed by atoms with Crippen molar-refractivity contribution in [2.45, 2.75) is 18.4 Å². The molecular weight excluding hydrogens is 290 g/mol. The molecule has 0 aliphatic carbocycles. The maximum Gasteiger partial charge on any atom is 0.267 e. The van der Waals surface area contributed by atoms with E-state index >= 15 is 0 Å². The first-order valence-electron chi connectivity index (χ1n) is 5.38. The highest BCUT2D eigenvalue weighted by Gasteiger charge is 2.29. The van der Waals surface area contributed by atoms with Crippen molar-refractivity contribution >= 4 is 21.7 Å². The Hall–Kier alpha value is -0.920. The Morgan fingerprint density at radius 2 is 2.29 bits per heavy atom. The van der Waals surface area contributed by atoms with Gasteiger partial charge in [0.25, 0.3) is 5.56 Å². The van der Waals surface area contributed by atoms with Crippen LogP contribution in [0.5, 0.6) is 0 Å². The average molecular weight is 304 g/mol. The van der Waals surface area contributed by atoms with Gasteiger partial charge in [-0.05, 0) is 15.9 Å². The van der Waals surface area contributed by atoms with E-state index in [0.29, 0.717) is 42.9 Å². The topological polar surface area (TPSA) is 87.2 Å². The monoisotopic (exact) mass is 303 g/mol. The van der Waals surface area contributed by atoms with Gasteiger partial charge in [0.2, 0.25) is 0 Å². The lowest BCUT2D eigenvalue weighted by Crippen LogP contribution is -2.42. The summed E-state index contributed by atoms with van der Waals surface area (Å²) in [5, 5.41) is 13.2. The van der Waals surface area contributed by atoms with Crippen LogP contribution in [0.4, 0.5) is 5.82 Å². The normalized spacial score (nSPS) is 18.9. The number of rotatable bonds is 3. The second-order valence-corrected chi connectivity index (χ2v) is 4.88. The fourth-order valence-corrected chi connectivity index (χ4v) is 2.04. The lowest BCUT2D eigenvalue weighted by Gasteiger charge is -2.32. The number of ether oxygens (including phenoxy) is 1. The van der Waals surface area contributed by atoms with Crippen LogP contribution in [0, 0.1) is 0 Å². The Morgan fingerprint density at radius 1 is 1.59 bits per heavy atom. The third-order valence-electron chi connectivity index (χ3n) is 2.80. The quantitative estimate of drug-likeness (QED) is 0.756. The largest absolute Gasteiger partial charge is 0.388 e. The Kier molecular flexibility index (Phi) is 3.80.